The minimum absolute atomic E-state index is 0.00909. The molecule has 1 aromatic heterocycles. The first-order valence-corrected chi connectivity index (χ1v) is 7.44. The maximum Gasteiger partial charge on any atom is 0.287 e. The van der Waals surface area contributed by atoms with Crippen molar-refractivity contribution in [2.75, 3.05) is 24.6 Å². The Morgan fingerprint density at radius 3 is 2.78 bits per heavy atom. The van der Waals surface area contributed by atoms with Crippen LogP contribution >= 0.6 is 0 Å². The molecule has 0 aliphatic carbocycles. The number of anilines is 1. The van der Waals surface area contributed by atoms with Gasteiger partial charge in [-0.2, -0.15) is 0 Å². The Hall–Kier alpha value is -2.60. The van der Waals surface area contributed by atoms with Crippen molar-refractivity contribution in [3.63, 3.8) is 0 Å². The van der Waals surface area contributed by atoms with E-state index in [1.807, 2.05) is 31.2 Å². The van der Waals surface area contributed by atoms with Gasteiger partial charge in [-0.1, -0.05) is 17.7 Å². The normalized spacial score (nSPS) is 18.0. The molecule has 120 valence electrons. The Morgan fingerprint density at radius 1 is 1.30 bits per heavy atom. The number of aryl methyl sites for hydroxylation is 1. The van der Waals surface area contributed by atoms with E-state index in [4.69, 9.17) is 9.15 Å². The number of ether oxygens (including phenoxy) is 1. The lowest BCUT2D eigenvalue weighted by Crippen LogP contribution is -2.50. The van der Waals surface area contributed by atoms with Crippen LogP contribution in [0.1, 0.15) is 16.1 Å². The van der Waals surface area contributed by atoms with Gasteiger partial charge in [-0.3, -0.25) is 9.59 Å². The van der Waals surface area contributed by atoms with Gasteiger partial charge < -0.3 is 19.4 Å². The number of morpholine rings is 1. The van der Waals surface area contributed by atoms with Crippen molar-refractivity contribution in [2.24, 2.45) is 0 Å². The van der Waals surface area contributed by atoms with Gasteiger partial charge in [-0.05, 0) is 31.2 Å². The summed E-state index contributed by atoms with van der Waals surface area (Å²) in [4.78, 5) is 25.6. The topological polar surface area (TPSA) is 71.8 Å². The highest BCUT2D eigenvalue weighted by atomic mass is 16.5. The third kappa shape index (κ3) is 3.60. The zero-order chi connectivity index (χ0) is 16.2. The molecule has 3 rings (SSSR count). The number of furan rings is 1. The van der Waals surface area contributed by atoms with Gasteiger partial charge in [0.1, 0.15) is 6.61 Å². The average Bonchev–Trinajstić information content (AvgIpc) is 3.09. The van der Waals surface area contributed by atoms with Crippen molar-refractivity contribution in [2.45, 2.75) is 13.0 Å². The summed E-state index contributed by atoms with van der Waals surface area (Å²) in [6.45, 7) is 2.72. The Kier molecular flexibility index (Phi) is 4.43. The molecular formula is C17H18N2O4. The summed E-state index contributed by atoms with van der Waals surface area (Å²) >= 11 is 0. The molecule has 1 saturated heterocycles. The molecule has 0 bridgehead atoms. The molecule has 6 nitrogen and oxygen atoms in total. The van der Waals surface area contributed by atoms with E-state index in [0.29, 0.717) is 13.1 Å². The molecule has 2 heterocycles. The molecule has 2 aromatic rings. The lowest BCUT2D eigenvalue weighted by molar-refractivity contribution is -0.129. The fraction of sp³-hybridized carbons (Fsp3) is 0.294. The second-order valence-corrected chi connectivity index (χ2v) is 5.46. The van der Waals surface area contributed by atoms with Gasteiger partial charge in [-0.25, -0.2) is 0 Å². The lowest BCUT2D eigenvalue weighted by Gasteiger charge is -2.32. The molecule has 0 radical (unpaired) electrons. The van der Waals surface area contributed by atoms with Crippen molar-refractivity contribution in [3.8, 4) is 0 Å². The van der Waals surface area contributed by atoms with Gasteiger partial charge in [-0.15, -0.1) is 0 Å². The number of nitrogens with one attached hydrogen (secondary N) is 1. The Morgan fingerprint density at radius 2 is 2.09 bits per heavy atom. The van der Waals surface area contributed by atoms with E-state index in [2.05, 4.69) is 5.32 Å². The molecule has 2 amide bonds. The van der Waals surface area contributed by atoms with Crippen molar-refractivity contribution >= 4 is 17.5 Å². The molecule has 1 fully saturated rings. The standard InChI is InChI=1S/C17H18N2O4/c1-12-4-6-13(7-5-12)19-10-14(23-11-16(19)20)9-18-17(21)15-3-2-8-22-15/h2-8,14H,9-11H2,1H3,(H,18,21). The molecule has 1 aromatic carbocycles. The highest BCUT2D eigenvalue weighted by Crippen LogP contribution is 2.19. The van der Waals surface area contributed by atoms with Crippen LogP contribution in [0.4, 0.5) is 5.69 Å². The van der Waals surface area contributed by atoms with Gasteiger partial charge in [0.2, 0.25) is 0 Å². The molecule has 6 heteroatoms. The van der Waals surface area contributed by atoms with Crippen LogP contribution in [0, 0.1) is 6.92 Å². The maximum atomic E-state index is 12.0. The maximum absolute atomic E-state index is 12.0. The highest BCUT2D eigenvalue weighted by molar-refractivity contribution is 5.95. The SMILES string of the molecule is Cc1ccc(N2CC(CNC(=O)c3ccco3)OCC2=O)cc1. The largest absolute Gasteiger partial charge is 0.459 e. The summed E-state index contributed by atoms with van der Waals surface area (Å²) in [5.74, 6) is -0.118. The molecule has 0 saturated carbocycles. The minimum Gasteiger partial charge on any atom is -0.459 e. The van der Waals surface area contributed by atoms with E-state index in [-0.39, 0.29) is 30.3 Å². The van der Waals surface area contributed by atoms with Crippen LogP contribution in [0.15, 0.2) is 47.1 Å². The Balaban J connectivity index is 1.60. The van der Waals surface area contributed by atoms with Gasteiger partial charge in [0.05, 0.1) is 18.9 Å². The number of carbonyl (C=O) groups is 2. The van der Waals surface area contributed by atoms with Crippen LogP contribution in [0.2, 0.25) is 0 Å². The van der Waals surface area contributed by atoms with E-state index >= 15 is 0 Å². The van der Waals surface area contributed by atoms with Gasteiger partial charge in [0, 0.05) is 12.2 Å². The molecular weight excluding hydrogens is 296 g/mol. The number of hydrogen-bond acceptors (Lipinski definition) is 4. The Labute approximate surface area is 134 Å². The van der Waals surface area contributed by atoms with Crippen LogP contribution in [-0.2, 0) is 9.53 Å². The fourth-order valence-corrected chi connectivity index (χ4v) is 2.42. The zero-order valence-electron chi connectivity index (χ0n) is 12.8. The molecule has 23 heavy (non-hydrogen) atoms. The van der Waals surface area contributed by atoms with Gasteiger partial charge in [0.15, 0.2) is 5.76 Å². The summed E-state index contributed by atoms with van der Waals surface area (Å²) in [5, 5.41) is 2.76. The number of benzene rings is 1. The van der Waals surface area contributed by atoms with Crippen LogP contribution in [0.25, 0.3) is 0 Å². The van der Waals surface area contributed by atoms with Crippen molar-refractivity contribution in [1.29, 1.82) is 0 Å². The molecule has 1 atom stereocenters. The van der Waals surface area contributed by atoms with Gasteiger partial charge in [0.25, 0.3) is 11.8 Å². The smallest absolute Gasteiger partial charge is 0.287 e. The first-order valence-electron chi connectivity index (χ1n) is 7.44. The predicted molar refractivity (Wildman–Crippen MR) is 84.3 cm³/mol. The third-order valence-electron chi connectivity index (χ3n) is 3.71. The number of nitrogens with zero attached hydrogens (tertiary/aromatic N) is 1. The van der Waals surface area contributed by atoms with Crippen LogP contribution in [0.3, 0.4) is 0 Å². The Bertz CT molecular complexity index is 679. The first kappa shape index (κ1) is 15.3. The number of hydrogen-bond donors (Lipinski definition) is 1. The molecule has 1 aliphatic rings. The summed E-state index contributed by atoms with van der Waals surface area (Å²) in [5.41, 5.74) is 1.97. The molecule has 1 N–H and O–H groups in total. The summed E-state index contributed by atoms with van der Waals surface area (Å²) < 4.78 is 10.5. The van der Waals surface area contributed by atoms with E-state index in [1.165, 1.54) is 6.26 Å². The number of rotatable bonds is 4. The average molecular weight is 314 g/mol. The quantitative estimate of drug-likeness (QED) is 0.933. The number of amides is 2. The van der Waals surface area contributed by atoms with Crippen LogP contribution in [0.5, 0.6) is 0 Å². The van der Waals surface area contributed by atoms with Crippen molar-refractivity contribution in [3.05, 3.63) is 54.0 Å². The van der Waals surface area contributed by atoms with E-state index in [0.717, 1.165) is 11.3 Å². The molecule has 0 spiro atoms. The van der Waals surface area contributed by atoms with Crippen molar-refractivity contribution < 1.29 is 18.7 Å². The summed E-state index contributed by atoms with van der Waals surface area (Å²) in [7, 11) is 0. The van der Waals surface area contributed by atoms with Crippen LogP contribution in [-0.4, -0.2) is 37.6 Å². The highest BCUT2D eigenvalue weighted by Gasteiger charge is 2.27. The van der Waals surface area contributed by atoms with Crippen LogP contribution < -0.4 is 10.2 Å². The molecule has 1 unspecified atom stereocenters. The third-order valence-corrected chi connectivity index (χ3v) is 3.71. The zero-order valence-corrected chi connectivity index (χ0v) is 12.8. The van der Waals surface area contributed by atoms with Gasteiger partial charge >= 0.3 is 0 Å². The number of carbonyl (C=O) groups excluding carboxylic acids is 2. The fourth-order valence-electron chi connectivity index (χ4n) is 2.42. The summed E-state index contributed by atoms with van der Waals surface area (Å²) in [6.07, 6.45) is 1.19. The van der Waals surface area contributed by atoms with Crippen molar-refractivity contribution in [1.82, 2.24) is 5.32 Å². The second-order valence-electron chi connectivity index (χ2n) is 5.46. The minimum atomic E-state index is -0.294. The first-order chi connectivity index (χ1) is 11.1. The van der Waals surface area contributed by atoms with E-state index in [9.17, 15) is 9.59 Å². The van der Waals surface area contributed by atoms with E-state index < -0.39 is 0 Å². The van der Waals surface area contributed by atoms with E-state index in [1.54, 1.807) is 17.0 Å². The second kappa shape index (κ2) is 6.66. The summed E-state index contributed by atoms with van der Waals surface area (Å²) in [6, 6.07) is 11.0. The lowest BCUT2D eigenvalue weighted by atomic mass is 10.2. The predicted octanol–water partition coefficient (Wildman–Crippen LogP) is 1.75. The molecule has 1 aliphatic heterocycles. The monoisotopic (exact) mass is 314 g/mol.